The second kappa shape index (κ2) is 5.90. The van der Waals surface area contributed by atoms with Crippen LogP contribution in [-0.4, -0.2) is 20.2 Å². The lowest BCUT2D eigenvalue weighted by Crippen LogP contribution is -2.28. The summed E-state index contributed by atoms with van der Waals surface area (Å²) >= 11 is 1.23. The van der Waals surface area contributed by atoms with Crippen LogP contribution in [0, 0.1) is 6.92 Å². The normalized spacial score (nSPS) is 11.2. The first kappa shape index (κ1) is 16.2. The van der Waals surface area contributed by atoms with Crippen LogP contribution in [0.5, 0.6) is 0 Å². The number of benzene rings is 1. The summed E-state index contributed by atoms with van der Waals surface area (Å²) in [4.78, 5) is 23.1. The third kappa shape index (κ3) is 3.02. The summed E-state index contributed by atoms with van der Waals surface area (Å²) in [6.45, 7) is 2.84. The average molecular weight is 338 g/mol. The Bertz CT molecular complexity index is 853. The molecule has 8 heteroatoms. The van der Waals surface area contributed by atoms with Gasteiger partial charge in [0.2, 0.25) is 11.8 Å². The zero-order chi connectivity index (χ0) is 16.5. The minimum absolute atomic E-state index is 0.0745. The van der Waals surface area contributed by atoms with E-state index in [1.54, 1.807) is 30.5 Å². The Kier molecular flexibility index (Phi) is 4.34. The predicted octanol–water partition coefficient (Wildman–Crippen LogP) is 1.65. The van der Waals surface area contributed by atoms with E-state index in [1.807, 2.05) is 4.72 Å². The van der Waals surface area contributed by atoms with Gasteiger partial charge in [-0.3, -0.25) is 9.59 Å². The SMILES string of the molecule is CC(=O)NS(=O)(=O)c1ccccc1-c1scc(C)c1C(N)=O. The van der Waals surface area contributed by atoms with Crippen LogP contribution < -0.4 is 10.5 Å². The van der Waals surface area contributed by atoms with Gasteiger partial charge in [-0.25, -0.2) is 13.1 Å². The third-order valence-corrected chi connectivity index (χ3v) is 5.54. The molecule has 0 fully saturated rings. The smallest absolute Gasteiger partial charge is 0.264 e. The molecule has 0 saturated carbocycles. The summed E-state index contributed by atoms with van der Waals surface area (Å²) in [6, 6.07) is 6.15. The van der Waals surface area contributed by atoms with Crippen molar-refractivity contribution in [2.24, 2.45) is 5.73 Å². The van der Waals surface area contributed by atoms with Gasteiger partial charge in [0.1, 0.15) is 0 Å². The van der Waals surface area contributed by atoms with Crippen molar-refractivity contribution in [3.8, 4) is 10.4 Å². The van der Waals surface area contributed by atoms with Crippen LogP contribution in [0.25, 0.3) is 10.4 Å². The van der Waals surface area contributed by atoms with Crippen LogP contribution in [-0.2, 0) is 14.8 Å². The second-order valence-electron chi connectivity index (χ2n) is 4.64. The molecular weight excluding hydrogens is 324 g/mol. The Labute approximate surface area is 132 Å². The highest BCUT2D eigenvalue weighted by Crippen LogP contribution is 2.36. The Morgan fingerprint density at radius 1 is 1.23 bits per heavy atom. The number of carbonyl (C=O) groups excluding carboxylic acids is 2. The minimum atomic E-state index is -4.02. The van der Waals surface area contributed by atoms with Crippen molar-refractivity contribution >= 4 is 33.2 Å². The minimum Gasteiger partial charge on any atom is -0.366 e. The van der Waals surface area contributed by atoms with Gasteiger partial charge in [-0.15, -0.1) is 11.3 Å². The topological polar surface area (TPSA) is 106 Å². The van der Waals surface area contributed by atoms with Crippen molar-refractivity contribution in [3.63, 3.8) is 0 Å². The Hall–Kier alpha value is -2.19. The van der Waals surface area contributed by atoms with Crippen LogP contribution in [0.2, 0.25) is 0 Å². The first-order valence-electron chi connectivity index (χ1n) is 6.24. The number of carbonyl (C=O) groups is 2. The van der Waals surface area contributed by atoms with Crippen molar-refractivity contribution in [2.75, 3.05) is 0 Å². The van der Waals surface area contributed by atoms with Crippen molar-refractivity contribution in [1.82, 2.24) is 4.72 Å². The van der Waals surface area contributed by atoms with Crippen LogP contribution in [0.1, 0.15) is 22.8 Å². The number of aryl methyl sites for hydroxylation is 1. The number of thiophene rings is 1. The molecule has 0 aliphatic rings. The fraction of sp³-hybridized carbons (Fsp3) is 0.143. The highest BCUT2D eigenvalue weighted by molar-refractivity contribution is 7.90. The van der Waals surface area contributed by atoms with Crippen molar-refractivity contribution in [1.29, 1.82) is 0 Å². The van der Waals surface area contributed by atoms with Gasteiger partial charge in [0.25, 0.3) is 10.0 Å². The lowest BCUT2D eigenvalue weighted by Gasteiger charge is -2.10. The molecule has 0 bridgehead atoms. The average Bonchev–Trinajstić information content (AvgIpc) is 2.79. The van der Waals surface area contributed by atoms with E-state index in [1.165, 1.54) is 17.4 Å². The van der Waals surface area contributed by atoms with Crippen molar-refractivity contribution < 1.29 is 18.0 Å². The summed E-state index contributed by atoms with van der Waals surface area (Å²) in [5, 5.41) is 1.73. The van der Waals surface area contributed by atoms with Crippen LogP contribution >= 0.6 is 11.3 Å². The van der Waals surface area contributed by atoms with Gasteiger partial charge in [0.15, 0.2) is 0 Å². The van der Waals surface area contributed by atoms with Gasteiger partial charge < -0.3 is 5.73 Å². The van der Waals surface area contributed by atoms with Crippen LogP contribution in [0.15, 0.2) is 34.5 Å². The standard InChI is InChI=1S/C14H14N2O4S2/c1-8-7-21-13(12(8)14(15)18)10-5-3-4-6-11(10)22(19,20)16-9(2)17/h3-7H,1-2H3,(H2,15,18)(H,16,17). The largest absolute Gasteiger partial charge is 0.366 e. The molecule has 1 aromatic heterocycles. The fourth-order valence-corrected chi connectivity index (χ4v) is 4.45. The number of rotatable bonds is 4. The predicted molar refractivity (Wildman–Crippen MR) is 84.0 cm³/mol. The number of amides is 2. The summed E-state index contributed by atoms with van der Waals surface area (Å²) < 4.78 is 26.5. The van der Waals surface area contributed by atoms with Crippen LogP contribution in [0.4, 0.5) is 0 Å². The molecule has 6 nitrogen and oxygen atoms in total. The molecule has 2 amide bonds. The zero-order valence-corrected chi connectivity index (χ0v) is 13.5. The van der Waals surface area contributed by atoms with E-state index in [9.17, 15) is 18.0 Å². The van der Waals surface area contributed by atoms with Gasteiger partial charge >= 0.3 is 0 Å². The lowest BCUT2D eigenvalue weighted by molar-refractivity contribution is -0.117. The Morgan fingerprint density at radius 2 is 1.86 bits per heavy atom. The first-order valence-corrected chi connectivity index (χ1v) is 8.61. The molecule has 1 heterocycles. The van der Waals surface area contributed by atoms with Gasteiger partial charge in [-0.2, -0.15) is 0 Å². The number of nitrogens with one attached hydrogen (secondary N) is 1. The highest BCUT2D eigenvalue weighted by Gasteiger charge is 2.24. The molecule has 3 N–H and O–H groups in total. The molecule has 116 valence electrons. The molecule has 0 spiro atoms. The van der Waals surface area contributed by atoms with E-state index in [4.69, 9.17) is 5.73 Å². The molecular formula is C14H14N2O4S2. The van der Waals surface area contributed by atoms with Gasteiger partial charge in [0, 0.05) is 17.4 Å². The monoisotopic (exact) mass is 338 g/mol. The molecule has 2 rings (SSSR count). The lowest BCUT2D eigenvalue weighted by atomic mass is 10.1. The molecule has 0 atom stereocenters. The molecule has 1 aromatic carbocycles. The molecule has 0 unspecified atom stereocenters. The maximum Gasteiger partial charge on any atom is 0.264 e. The summed E-state index contributed by atoms with van der Waals surface area (Å²) in [5.74, 6) is -1.31. The van der Waals surface area contributed by atoms with Crippen molar-refractivity contribution in [2.45, 2.75) is 18.7 Å². The highest BCUT2D eigenvalue weighted by atomic mass is 32.2. The summed E-state index contributed by atoms with van der Waals surface area (Å²) in [6.07, 6.45) is 0. The molecule has 0 radical (unpaired) electrons. The maximum absolute atomic E-state index is 12.3. The van der Waals surface area contributed by atoms with E-state index in [-0.39, 0.29) is 10.5 Å². The number of hydrogen-bond acceptors (Lipinski definition) is 5. The maximum atomic E-state index is 12.3. The fourth-order valence-electron chi connectivity index (χ4n) is 2.08. The number of sulfonamides is 1. The number of hydrogen-bond donors (Lipinski definition) is 2. The van der Waals surface area contributed by atoms with Gasteiger partial charge in [-0.05, 0) is 23.9 Å². The van der Waals surface area contributed by atoms with E-state index in [0.29, 0.717) is 16.0 Å². The van der Waals surface area contributed by atoms with Gasteiger partial charge in [-0.1, -0.05) is 18.2 Å². The van der Waals surface area contributed by atoms with E-state index >= 15 is 0 Å². The summed E-state index contributed by atoms with van der Waals surface area (Å²) in [5.41, 5.74) is 6.69. The number of primary amides is 1. The Balaban J connectivity index is 2.70. The van der Waals surface area contributed by atoms with E-state index < -0.39 is 21.8 Å². The molecule has 0 saturated heterocycles. The molecule has 22 heavy (non-hydrogen) atoms. The zero-order valence-electron chi connectivity index (χ0n) is 11.9. The van der Waals surface area contributed by atoms with Crippen molar-refractivity contribution in [3.05, 3.63) is 40.8 Å². The summed E-state index contributed by atoms with van der Waals surface area (Å²) in [7, 11) is -4.02. The second-order valence-corrected chi connectivity index (χ2v) is 7.18. The van der Waals surface area contributed by atoms with Gasteiger partial charge in [0.05, 0.1) is 10.5 Å². The molecule has 0 aliphatic carbocycles. The van der Waals surface area contributed by atoms with Crippen LogP contribution in [0.3, 0.4) is 0 Å². The number of nitrogens with two attached hydrogens (primary N) is 1. The Morgan fingerprint density at radius 3 is 2.45 bits per heavy atom. The molecule has 0 aliphatic heterocycles. The quantitative estimate of drug-likeness (QED) is 0.884. The van der Waals surface area contributed by atoms with E-state index in [0.717, 1.165) is 6.92 Å². The first-order chi connectivity index (χ1) is 10.2. The third-order valence-electron chi connectivity index (χ3n) is 2.92. The van der Waals surface area contributed by atoms with E-state index in [2.05, 4.69) is 0 Å². The molecule has 2 aromatic rings.